The monoisotopic (exact) mass is 346 g/mol. The number of carbonyl (C=O) groups excluding carboxylic acids is 2. The van der Waals surface area contributed by atoms with E-state index in [9.17, 15) is 9.59 Å². The number of ether oxygens (including phenoxy) is 3. The van der Waals surface area contributed by atoms with Gasteiger partial charge in [-0.25, -0.2) is 0 Å². The highest BCUT2D eigenvalue weighted by atomic mass is 16.5. The first-order chi connectivity index (χ1) is 12.1. The van der Waals surface area contributed by atoms with Crippen LogP contribution >= 0.6 is 0 Å². The number of methoxy groups -OCH3 is 1. The van der Waals surface area contributed by atoms with Crippen molar-refractivity contribution >= 4 is 11.8 Å². The van der Waals surface area contributed by atoms with E-state index < -0.39 is 18.2 Å². The van der Waals surface area contributed by atoms with Crippen LogP contribution in [-0.4, -0.2) is 37.2 Å². The number of esters is 1. The van der Waals surface area contributed by atoms with Crippen LogP contribution in [-0.2, 0) is 30.4 Å². The molecule has 136 valence electrons. The summed E-state index contributed by atoms with van der Waals surface area (Å²) in [6.45, 7) is 2.18. The largest absolute Gasteiger partial charge is 0.463 e. The fourth-order valence-electron chi connectivity index (χ4n) is 2.70. The van der Waals surface area contributed by atoms with Crippen molar-refractivity contribution in [1.29, 1.82) is 0 Å². The molecule has 0 aromatic heterocycles. The van der Waals surface area contributed by atoms with E-state index in [-0.39, 0.29) is 18.3 Å². The molecule has 25 heavy (non-hydrogen) atoms. The lowest BCUT2D eigenvalue weighted by Gasteiger charge is -2.21. The highest BCUT2D eigenvalue weighted by molar-refractivity contribution is 5.92. The van der Waals surface area contributed by atoms with Crippen LogP contribution in [0.3, 0.4) is 0 Å². The molecule has 1 aromatic rings. The number of hydrogen-bond donors (Lipinski definition) is 0. The summed E-state index contributed by atoms with van der Waals surface area (Å²) < 4.78 is 16.4. The predicted octanol–water partition coefficient (Wildman–Crippen LogP) is 3.22. The van der Waals surface area contributed by atoms with E-state index in [4.69, 9.17) is 14.2 Å². The summed E-state index contributed by atoms with van der Waals surface area (Å²) in [4.78, 5) is 24.7. The fraction of sp³-hybridized carbons (Fsp3) is 0.500. The van der Waals surface area contributed by atoms with Crippen molar-refractivity contribution in [3.8, 4) is 0 Å². The van der Waals surface area contributed by atoms with E-state index in [1.165, 1.54) is 7.11 Å². The number of benzene rings is 1. The smallest absolute Gasteiger partial charge is 0.309 e. The Balaban J connectivity index is 2.10. The van der Waals surface area contributed by atoms with E-state index in [2.05, 4.69) is 0 Å². The van der Waals surface area contributed by atoms with Crippen molar-refractivity contribution in [2.24, 2.45) is 0 Å². The average molecular weight is 346 g/mol. The molecule has 1 aliphatic heterocycles. The van der Waals surface area contributed by atoms with Gasteiger partial charge < -0.3 is 14.2 Å². The van der Waals surface area contributed by atoms with Gasteiger partial charge in [-0.3, -0.25) is 9.59 Å². The molecule has 0 saturated carbocycles. The van der Waals surface area contributed by atoms with Crippen molar-refractivity contribution in [1.82, 2.24) is 0 Å². The van der Waals surface area contributed by atoms with Crippen LogP contribution in [0.5, 0.6) is 0 Å². The molecule has 3 atom stereocenters. The molecule has 2 rings (SSSR count). The molecule has 0 radical (unpaired) electrons. The first-order valence-electron chi connectivity index (χ1n) is 8.68. The Kier molecular flexibility index (Phi) is 7.82. The number of carbonyl (C=O) groups is 2. The highest BCUT2D eigenvalue weighted by Gasteiger charge is 2.29. The predicted molar refractivity (Wildman–Crippen MR) is 94.0 cm³/mol. The quantitative estimate of drug-likeness (QED) is 0.619. The van der Waals surface area contributed by atoms with Crippen molar-refractivity contribution in [3.63, 3.8) is 0 Å². The summed E-state index contributed by atoms with van der Waals surface area (Å²) in [5.74, 6) is -0.682. The lowest BCUT2D eigenvalue weighted by molar-refractivity contribution is -0.156. The van der Waals surface area contributed by atoms with Crippen LogP contribution in [0.4, 0.5) is 0 Å². The summed E-state index contributed by atoms with van der Waals surface area (Å²) in [5.41, 5.74) is 0.983. The van der Waals surface area contributed by atoms with E-state index in [1.807, 2.05) is 43.3 Å². The Hall–Kier alpha value is -1.98. The maximum atomic E-state index is 12.7. The molecule has 0 unspecified atom stereocenters. The second kappa shape index (κ2) is 10.1. The van der Waals surface area contributed by atoms with Gasteiger partial charge in [-0.05, 0) is 31.7 Å². The molecule has 5 nitrogen and oxygen atoms in total. The van der Waals surface area contributed by atoms with Crippen LogP contribution < -0.4 is 0 Å². The molecular weight excluding hydrogens is 320 g/mol. The molecule has 5 heteroatoms. The Morgan fingerprint density at radius 2 is 1.96 bits per heavy atom. The minimum Gasteiger partial charge on any atom is -0.463 e. The molecule has 1 heterocycles. The van der Waals surface area contributed by atoms with Gasteiger partial charge in [-0.15, -0.1) is 0 Å². The molecule has 1 aromatic carbocycles. The molecule has 0 N–H and O–H groups in total. The van der Waals surface area contributed by atoms with Gasteiger partial charge in [0.25, 0.3) is 0 Å². The Bertz CT molecular complexity index is 581. The number of Topliss-reactive ketones (excluding diaryl/α,β-unsaturated/α-hetero) is 1. The van der Waals surface area contributed by atoms with Gasteiger partial charge in [0, 0.05) is 7.11 Å². The molecule has 0 bridgehead atoms. The zero-order chi connectivity index (χ0) is 18.1. The van der Waals surface area contributed by atoms with Gasteiger partial charge in [-0.1, -0.05) is 42.5 Å². The maximum Gasteiger partial charge on any atom is 0.309 e. The number of allylic oxidation sites excluding steroid dienone is 1. The highest BCUT2D eigenvalue weighted by Crippen LogP contribution is 2.15. The lowest BCUT2D eigenvalue weighted by atomic mass is 10.0. The summed E-state index contributed by atoms with van der Waals surface area (Å²) in [6.07, 6.45) is 4.34. The number of rotatable bonds is 4. The first kappa shape index (κ1) is 19.3. The van der Waals surface area contributed by atoms with Crippen LogP contribution in [0.2, 0.25) is 0 Å². The third kappa shape index (κ3) is 6.44. The van der Waals surface area contributed by atoms with E-state index in [1.54, 1.807) is 6.08 Å². The first-order valence-corrected chi connectivity index (χ1v) is 8.68. The number of cyclic esters (lactones) is 1. The van der Waals surface area contributed by atoms with Crippen molar-refractivity contribution in [3.05, 3.63) is 48.0 Å². The molecule has 0 amide bonds. The maximum absolute atomic E-state index is 12.7. The second-order valence-corrected chi connectivity index (χ2v) is 6.21. The summed E-state index contributed by atoms with van der Waals surface area (Å²) >= 11 is 0. The van der Waals surface area contributed by atoms with Crippen molar-refractivity contribution < 1.29 is 23.8 Å². The van der Waals surface area contributed by atoms with Gasteiger partial charge >= 0.3 is 5.97 Å². The van der Waals surface area contributed by atoms with Gasteiger partial charge in [0.2, 0.25) is 0 Å². The van der Waals surface area contributed by atoms with Crippen LogP contribution in [0.15, 0.2) is 42.5 Å². The number of hydrogen-bond acceptors (Lipinski definition) is 5. The van der Waals surface area contributed by atoms with Crippen molar-refractivity contribution in [2.45, 2.75) is 57.5 Å². The molecule has 0 aliphatic carbocycles. The molecular formula is C20H26O5. The Morgan fingerprint density at radius 1 is 1.20 bits per heavy atom. The summed E-state index contributed by atoms with van der Waals surface area (Å²) in [7, 11) is 1.42. The lowest BCUT2D eigenvalue weighted by Crippen LogP contribution is -2.36. The fourth-order valence-corrected chi connectivity index (χ4v) is 2.70. The second-order valence-electron chi connectivity index (χ2n) is 6.21. The zero-order valence-electron chi connectivity index (χ0n) is 14.9. The van der Waals surface area contributed by atoms with Crippen LogP contribution in [0.25, 0.3) is 0 Å². The molecule has 0 fully saturated rings. The summed E-state index contributed by atoms with van der Waals surface area (Å²) in [5, 5.41) is 0. The van der Waals surface area contributed by atoms with E-state index in [0.29, 0.717) is 6.61 Å². The Labute approximate surface area is 149 Å². The standard InChI is InChI=1S/C20H26O5/c1-15-9-5-3-8-12-17(24-14-16-10-6-4-7-11-16)20(22)18(23-2)13-19(21)25-15/h4,6-8,10-12,15,17-18H,3,5,9,13-14H2,1-2H3/b12-8+/t15-,17-,18+/m0/s1. The minimum absolute atomic E-state index is 0.0985. The van der Waals surface area contributed by atoms with E-state index in [0.717, 1.165) is 24.8 Å². The SMILES string of the molecule is CO[C@@H]1CC(=O)O[C@@H](C)CCC/C=C/[C@H](OCc2ccccc2)C1=O. The third-order valence-electron chi connectivity index (χ3n) is 4.13. The topological polar surface area (TPSA) is 61.8 Å². The number of ketones is 1. The average Bonchev–Trinajstić information content (AvgIpc) is 2.61. The molecule has 0 saturated heterocycles. The summed E-state index contributed by atoms with van der Waals surface area (Å²) in [6, 6.07) is 9.66. The molecule has 1 aliphatic rings. The Morgan fingerprint density at radius 3 is 2.68 bits per heavy atom. The van der Waals surface area contributed by atoms with Gasteiger partial charge in [-0.2, -0.15) is 0 Å². The van der Waals surface area contributed by atoms with Gasteiger partial charge in [0.1, 0.15) is 12.2 Å². The van der Waals surface area contributed by atoms with Gasteiger partial charge in [0.15, 0.2) is 5.78 Å². The van der Waals surface area contributed by atoms with Crippen LogP contribution in [0.1, 0.15) is 38.2 Å². The zero-order valence-corrected chi connectivity index (χ0v) is 14.9. The normalized spacial score (nSPS) is 27.0. The third-order valence-corrected chi connectivity index (χ3v) is 4.13. The minimum atomic E-state index is -0.871. The van der Waals surface area contributed by atoms with E-state index >= 15 is 0 Å². The van der Waals surface area contributed by atoms with Gasteiger partial charge in [0.05, 0.1) is 19.1 Å². The van der Waals surface area contributed by atoms with Crippen LogP contribution in [0, 0.1) is 0 Å². The molecule has 0 spiro atoms. The van der Waals surface area contributed by atoms with Crippen molar-refractivity contribution in [2.75, 3.05) is 7.11 Å².